The normalized spacial score (nSPS) is 30.3. The van der Waals surface area contributed by atoms with E-state index in [0.29, 0.717) is 0 Å². The lowest BCUT2D eigenvalue weighted by Gasteiger charge is -2.43. The van der Waals surface area contributed by atoms with Crippen LogP contribution >= 0.6 is 27.3 Å². The van der Waals surface area contributed by atoms with Gasteiger partial charge in [0, 0.05) is 27.9 Å². The molecule has 0 aromatic carbocycles. The number of rotatable bonds is 4. The van der Waals surface area contributed by atoms with E-state index < -0.39 is 0 Å². The van der Waals surface area contributed by atoms with Crippen LogP contribution in [0.4, 0.5) is 0 Å². The summed E-state index contributed by atoms with van der Waals surface area (Å²) >= 11 is 5.27. The Labute approximate surface area is 122 Å². The molecule has 3 unspecified atom stereocenters. The van der Waals surface area contributed by atoms with E-state index in [9.17, 15) is 0 Å². The van der Waals surface area contributed by atoms with Crippen LogP contribution in [0.5, 0.6) is 0 Å². The highest BCUT2D eigenvalue weighted by molar-refractivity contribution is 9.10. The summed E-state index contributed by atoms with van der Waals surface area (Å²) in [4.78, 5) is 1.34. The van der Waals surface area contributed by atoms with Gasteiger partial charge in [-0.1, -0.05) is 19.8 Å². The maximum atomic E-state index is 6.46. The second kappa shape index (κ2) is 6.04. The Balaban J connectivity index is 2.07. The first kappa shape index (κ1) is 14.5. The zero-order chi connectivity index (χ0) is 13.2. The summed E-state index contributed by atoms with van der Waals surface area (Å²) in [5, 5.41) is 2.12. The molecule has 1 heterocycles. The van der Waals surface area contributed by atoms with E-state index in [0.717, 1.165) is 29.7 Å². The fourth-order valence-corrected chi connectivity index (χ4v) is 4.59. The van der Waals surface area contributed by atoms with Crippen molar-refractivity contribution in [2.24, 2.45) is 11.7 Å². The van der Waals surface area contributed by atoms with Crippen molar-refractivity contribution in [3.05, 3.63) is 20.8 Å². The molecule has 1 aromatic rings. The summed E-state index contributed by atoms with van der Waals surface area (Å²) < 4.78 is 7.01. The summed E-state index contributed by atoms with van der Waals surface area (Å²) in [6, 6.07) is 2.26. The molecule has 4 heteroatoms. The fraction of sp³-hybridized carbons (Fsp3) is 0.714. The summed E-state index contributed by atoms with van der Waals surface area (Å²) in [5.41, 5.74) is 6.35. The Morgan fingerprint density at radius 2 is 2.44 bits per heavy atom. The summed E-state index contributed by atoms with van der Waals surface area (Å²) in [7, 11) is 1.82. The van der Waals surface area contributed by atoms with Crippen LogP contribution in [0, 0.1) is 5.92 Å². The number of halogens is 1. The van der Waals surface area contributed by atoms with E-state index in [1.807, 2.05) is 7.11 Å². The molecular formula is C14H22BrNOS. The van der Waals surface area contributed by atoms with Crippen molar-refractivity contribution < 1.29 is 4.74 Å². The zero-order valence-corrected chi connectivity index (χ0v) is 13.5. The van der Waals surface area contributed by atoms with Crippen molar-refractivity contribution in [2.45, 2.75) is 50.7 Å². The summed E-state index contributed by atoms with van der Waals surface area (Å²) in [6.45, 7) is 2.31. The maximum Gasteiger partial charge on any atom is 0.0834 e. The second-order valence-corrected chi connectivity index (χ2v) is 7.42. The third-order valence-corrected chi connectivity index (χ3v) is 5.84. The van der Waals surface area contributed by atoms with E-state index in [1.54, 1.807) is 11.3 Å². The van der Waals surface area contributed by atoms with Crippen molar-refractivity contribution >= 4 is 27.3 Å². The molecule has 1 aliphatic rings. The minimum atomic E-state index is -0.117. The predicted molar refractivity (Wildman–Crippen MR) is 81.1 cm³/mol. The number of thiophene rings is 1. The van der Waals surface area contributed by atoms with Gasteiger partial charge in [-0.05, 0) is 47.2 Å². The molecule has 102 valence electrons. The van der Waals surface area contributed by atoms with Gasteiger partial charge in [0.25, 0.3) is 0 Å². The van der Waals surface area contributed by atoms with Crippen LogP contribution in [-0.4, -0.2) is 18.8 Å². The van der Waals surface area contributed by atoms with Crippen LogP contribution in [0.2, 0.25) is 0 Å². The molecule has 3 atom stereocenters. The second-order valence-electron chi connectivity index (χ2n) is 5.51. The van der Waals surface area contributed by atoms with E-state index in [4.69, 9.17) is 10.5 Å². The first-order chi connectivity index (χ1) is 8.55. The zero-order valence-electron chi connectivity index (χ0n) is 11.1. The summed E-state index contributed by atoms with van der Waals surface area (Å²) in [5.74, 6) is 0.722. The third-order valence-electron chi connectivity index (χ3n) is 4.12. The van der Waals surface area contributed by atoms with Crippen molar-refractivity contribution in [3.63, 3.8) is 0 Å². The van der Waals surface area contributed by atoms with Crippen molar-refractivity contribution in [1.29, 1.82) is 0 Å². The molecule has 1 aromatic heterocycles. The lowest BCUT2D eigenvalue weighted by molar-refractivity contribution is -0.0703. The van der Waals surface area contributed by atoms with Gasteiger partial charge in [0.05, 0.1) is 5.60 Å². The molecular weight excluding hydrogens is 310 g/mol. The van der Waals surface area contributed by atoms with Crippen LogP contribution in [0.25, 0.3) is 0 Å². The van der Waals surface area contributed by atoms with Crippen LogP contribution in [0.15, 0.2) is 15.9 Å². The molecule has 0 bridgehead atoms. The van der Waals surface area contributed by atoms with E-state index in [2.05, 4.69) is 34.3 Å². The molecule has 1 aliphatic carbocycles. The molecule has 0 saturated heterocycles. The molecule has 2 rings (SSSR count). The van der Waals surface area contributed by atoms with Crippen molar-refractivity contribution in [2.75, 3.05) is 7.11 Å². The molecule has 1 saturated carbocycles. The Bertz CT molecular complexity index is 395. The summed E-state index contributed by atoms with van der Waals surface area (Å²) in [6.07, 6.45) is 5.65. The van der Waals surface area contributed by atoms with Crippen LogP contribution in [0.3, 0.4) is 0 Å². The van der Waals surface area contributed by atoms with Gasteiger partial charge in [0.1, 0.15) is 0 Å². The minimum Gasteiger partial charge on any atom is -0.377 e. The topological polar surface area (TPSA) is 35.2 Å². The number of hydrogen-bond donors (Lipinski definition) is 1. The number of methoxy groups -OCH3 is 1. The van der Waals surface area contributed by atoms with Crippen LogP contribution in [0.1, 0.15) is 37.5 Å². The quantitative estimate of drug-likeness (QED) is 0.905. The highest BCUT2D eigenvalue weighted by atomic mass is 79.9. The minimum absolute atomic E-state index is 0.0933. The van der Waals surface area contributed by atoms with Gasteiger partial charge in [-0.25, -0.2) is 0 Å². The highest BCUT2D eigenvalue weighted by Gasteiger charge is 2.40. The van der Waals surface area contributed by atoms with Gasteiger partial charge in [-0.2, -0.15) is 0 Å². The predicted octanol–water partition coefficient (Wildman–Crippen LogP) is 3.98. The Morgan fingerprint density at radius 3 is 3.00 bits per heavy atom. The van der Waals surface area contributed by atoms with Gasteiger partial charge in [0.15, 0.2) is 0 Å². The molecule has 18 heavy (non-hydrogen) atoms. The molecule has 0 spiro atoms. The Morgan fingerprint density at radius 1 is 1.67 bits per heavy atom. The first-order valence-electron chi connectivity index (χ1n) is 6.59. The van der Waals surface area contributed by atoms with E-state index >= 15 is 0 Å². The van der Waals surface area contributed by atoms with Crippen molar-refractivity contribution in [1.82, 2.24) is 0 Å². The molecule has 2 N–H and O–H groups in total. The first-order valence-corrected chi connectivity index (χ1v) is 8.26. The average Bonchev–Trinajstić information content (AvgIpc) is 2.74. The van der Waals surface area contributed by atoms with Gasteiger partial charge in [0.2, 0.25) is 0 Å². The number of ether oxygens (including phenoxy) is 1. The van der Waals surface area contributed by atoms with Gasteiger partial charge >= 0.3 is 0 Å². The lowest BCUT2D eigenvalue weighted by atomic mass is 9.74. The standard InChI is InChI=1S/C14H22BrNOS/c1-10-4-3-5-14(8-10,17-2)13(16)7-12-6-11(15)9-18-12/h6,9-10,13H,3-5,7-8,16H2,1-2H3. The van der Waals surface area contributed by atoms with Gasteiger partial charge < -0.3 is 10.5 Å². The molecule has 1 fully saturated rings. The molecule has 0 radical (unpaired) electrons. The lowest BCUT2D eigenvalue weighted by Crippen LogP contribution is -2.53. The Kier molecular flexibility index (Phi) is 4.86. The number of hydrogen-bond acceptors (Lipinski definition) is 3. The third kappa shape index (κ3) is 3.16. The maximum absolute atomic E-state index is 6.46. The van der Waals surface area contributed by atoms with Crippen LogP contribution < -0.4 is 5.73 Å². The van der Waals surface area contributed by atoms with E-state index in [1.165, 1.54) is 17.7 Å². The average molecular weight is 332 g/mol. The molecule has 0 aliphatic heterocycles. The van der Waals surface area contributed by atoms with Gasteiger partial charge in [-0.3, -0.25) is 0 Å². The fourth-order valence-electron chi connectivity index (χ4n) is 3.08. The van der Waals surface area contributed by atoms with Crippen molar-refractivity contribution in [3.8, 4) is 0 Å². The SMILES string of the molecule is COC1(C(N)Cc2cc(Br)cs2)CCCC(C)C1. The Hall–Kier alpha value is 0.1000. The van der Waals surface area contributed by atoms with Gasteiger partial charge in [-0.15, -0.1) is 11.3 Å². The molecule has 0 amide bonds. The largest absolute Gasteiger partial charge is 0.377 e. The van der Waals surface area contributed by atoms with E-state index in [-0.39, 0.29) is 11.6 Å². The highest BCUT2D eigenvalue weighted by Crippen LogP contribution is 2.38. The molecule has 2 nitrogen and oxygen atoms in total. The smallest absolute Gasteiger partial charge is 0.0834 e. The van der Waals surface area contributed by atoms with Crippen LogP contribution in [-0.2, 0) is 11.2 Å². The monoisotopic (exact) mass is 331 g/mol. The number of nitrogens with two attached hydrogens (primary N) is 1.